The first-order valence-corrected chi connectivity index (χ1v) is 6.65. The number of carbonyl (C=O) groups is 1. The van der Waals surface area contributed by atoms with Crippen molar-refractivity contribution >= 4 is 5.78 Å². The highest BCUT2D eigenvalue weighted by Crippen LogP contribution is 2.33. The quantitative estimate of drug-likeness (QED) is 0.807. The average molecular weight is 229 g/mol. The van der Waals surface area contributed by atoms with Crippen LogP contribution in [0.4, 0.5) is 0 Å². The summed E-state index contributed by atoms with van der Waals surface area (Å²) in [7, 11) is 0. The van der Waals surface area contributed by atoms with Crippen LogP contribution in [0.1, 0.15) is 42.5 Å². The molecule has 2 aliphatic rings. The van der Waals surface area contributed by atoms with Gasteiger partial charge in [0, 0.05) is 24.1 Å². The first-order valence-electron chi connectivity index (χ1n) is 6.65. The first kappa shape index (κ1) is 11.0. The van der Waals surface area contributed by atoms with Gasteiger partial charge in [0.05, 0.1) is 0 Å². The zero-order valence-corrected chi connectivity index (χ0v) is 10.1. The molecule has 2 bridgehead atoms. The second kappa shape index (κ2) is 4.61. The standard InChI is InChI=1S/C15H19NO/c17-15(12-4-2-1-3-5-12)10-11-8-13-6-7-14(9-11)16-13/h1-5,11,13-14,16H,6-10H2/t11-,13+,14-. The van der Waals surface area contributed by atoms with Crippen molar-refractivity contribution in [3.05, 3.63) is 35.9 Å². The van der Waals surface area contributed by atoms with E-state index in [0.29, 0.717) is 23.8 Å². The van der Waals surface area contributed by atoms with Crippen molar-refractivity contribution in [2.45, 2.75) is 44.2 Å². The van der Waals surface area contributed by atoms with Gasteiger partial charge in [-0.25, -0.2) is 0 Å². The molecule has 1 N–H and O–H groups in total. The largest absolute Gasteiger partial charge is 0.311 e. The van der Waals surface area contributed by atoms with E-state index in [4.69, 9.17) is 0 Å². The van der Waals surface area contributed by atoms with Gasteiger partial charge in [0.15, 0.2) is 5.78 Å². The minimum absolute atomic E-state index is 0.317. The number of nitrogens with one attached hydrogen (secondary N) is 1. The van der Waals surface area contributed by atoms with Crippen molar-refractivity contribution in [1.82, 2.24) is 5.32 Å². The lowest BCUT2D eigenvalue weighted by molar-refractivity contribution is 0.0945. The first-order chi connectivity index (χ1) is 8.31. The van der Waals surface area contributed by atoms with Crippen molar-refractivity contribution in [2.75, 3.05) is 0 Å². The fourth-order valence-electron chi connectivity index (χ4n) is 3.35. The molecule has 0 spiro atoms. The van der Waals surface area contributed by atoms with Gasteiger partial charge in [-0.2, -0.15) is 0 Å². The van der Waals surface area contributed by atoms with Gasteiger partial charge < -0.3 is 5.32 Å². The molecule has 17 heavy (non-hydrogen) atoms. The van der Waals surface area contributed by atoms with Crippen LogP contribution in [0.3, 0.4) is 0 Å². The minimum Gasteiger partial charge on any atom is -0.311 e. The highest BCUT2D eigenvalue weighted by Gasteiger charge is 2.34. The summed E-state index contributed by atoms with van der Waals surface area (Å²) in [5, 5.41) is 3.62. The number of benzene rings is 1. The molecule has 2 fully saturated rings. The number of carbonyl (C=O) groups excluding carboxylic acids is 1. The minimum atomic E-state index is 0.317. The van der Waals surface area contributed by atoms with Gasteiger partial charge in [0.25, 0.3) is 0 Å². The molecule has 3 atom stereocenters. The number of hydrogen-bond donors (Lipinski definition) is 1. The zero-order valence-electron chi connectivity index (χ0n) is 10.1. The number of rotatable bonds is 3. The Hall–Kier alpha value is -1.15. The SMILES string of the molecule is O=C(C[C@H]1C[C@H]2CC[C@@H](C1)N2)c1ccccc1. The van der Waals surface area contributed by atoms with E-state index in [1.54, 1.807) is 0 Å². The van der Waals surface area contributed by atoms with Gasteiger partial charge in [-0.3, -0.25) is 4.79 Å². The van der Waals surface area contributed by atoms with E-state index >= 15 is 0 Å². The second-order valence-electron chi connectivity index (χ2n) is 5.47. The predicted molar refractivity (Wildman–Crippen MR) is 68.1 cm³/mol. The van der Waals surface area contributed by atoms with Gasteiger partial charge >= 0.3 is 0 Å². The molecule has 0 saturated carbocycles. The molecule has 0 aromatic heterocycles. The third-order valence-corrected chi connectivity index (χ3v) is 4.14. The van der Waals surface area contributed by atoms with E-state index in [9.17, 15) is 4.79 Å². The third-order valence-electron chi connectivity index (χ3n) is 4.14. The van der Waals surface area contributed by atoms with Gasteiger partial charge in [-0.15, -0.1) is 0 Å². The molecule has 1 aromatic rings. The molecule has 2 aliphatic heterocycles. The molecule has 0 aliphatic carbocycles. The van der Waals surface area contributed by atoms with Crippen LogP contribution in [0.2, 0.25) is 0 Å². The number of Topliss-reactive ketones (excluding diaryl/α,β-unsaturated/α-hetero) is 1. The summed E-state index contributed by atoms with van der Waals surface area (Å²) in [6.45, 7) is 0. The van der Waals surface area contributed by atoms with Crippen molar-refractivity contribution in [1.29, 1.82) is 0 Å². The van der Waals surface area contributed by atoms with Crippen LogP contribution in [-0.2, 0) is 0 Å². The lowest BCUT2D eigenvalue weighted by Crippen LogP contribution is -2.38. The lowest BCUT2D eigenvalue weighted by atomic mass is 9.87. The van der Waals surface area contributed by atoms with Crippen LogP contribution in [0.15, 0.2) is 30.3 Å². The van der Waals surface area contributed by atoms with E-state index in [0.717, 1.165) is 12.0 Å². The molecule has 90 valence electrons. The summed E-state index contributed by atoms with van der Waals surface area (Å²) < 4.78 is 0. The van der Waals surface area contributed by atoms with Gasteiger partial charge in [-0.1, -0.05) is 30.3 Å². The molecular formula is C15H19NO. The van der Waals surface area contributed by atoms with Crippen LogP contribution >= 0.6 is 0 Å². The Morgan fingerprint density at radius 2 is 1.76 bits per heavy atom. The van der Waals surface area contributed by atoms with E-state index in [-0.39, 0.29) is 0 Å². The fourth-order valence-corrected chi connectivity index (χ4v) is 3.35. The average Bonchev–Trinajstić information content (AvgIpc) is 2.70. The summed E-state index contributed by atoms with van der Waals surface area (Å²) in [5.41, 5.74) is 0.873. The Kier molecular flexibility index (Phi) is 2.98. The normalized spacial score (nSPS) is 31.4. The maximum Gasteiger partial charge on any atom is 0.163 e. The Bertz CT molecular complexity index is 389. The molecule has 2 nitrogen and oxygen atoms in total. The zero-order chi connectivity index (χ0) is 11.7. The summed E-state index contributed by atoms with van der Waals surface area (Å²) in [4.78, 5) is 12.1. The molecule has 0 amide bonds. The molecule has 0 radical (unpaired) electrons. The summed E-state index contributed by atoms with van der Waals surface area (Å²) in [6, 6.07) is 11.1. The third kappa shape index (κ3) is 2.42. The maximum absolute atomic E-state index is 12.1. The summed E-state index contributed by atoms with van der Waals surface area (Å²) in [5.74, 6) is 0.915. The second-order valence-corrected chi connectivity index (χ2v) is 5.47. The molecule has 3 rings (SSSR count). The Morgan fingerprint density at radius 1 is 1.12 bits per heavy atom. The van der Waals surface area contributed by atoms with Crippen molar-refractivity contribution in [2.24, 2.45) is 5.92 Å². The van der Waals surface area contributed by atoms with Crippen LogP contribution in [0.5, 0.6) is 0 Å². The Balaban J connectivity index is 1.62. The highest BCUT2D eigenvalue weighted by atomic mass is 16.1. The van der Waals surface area contributed by atoms with Crippen molar-refractivity contribution < 1.29 is 4.79 Å². The van der Waals surface area contributed by atoms with E-state index in [1.165, 1.54) is 25.7 Å². The Morgan fingerprint density at radius 3 is 2.41 bits per heavy atom. The van der Waals surface area contributed by atoms with Crippen molar-refractivity contribution in [3.8, 4) is 0 Å². The molecule has 2 heteroatoms. The van der Waals surface area contributed by atoms with Gasteiger partial charge in [0.2, 0.25) is 0 Å². The molecule has 2 saturated heterocycles. The molecule has 2 heterocycles. The number of ketones is 1. The number of hydrogen-bond acceptors (Lipinski definition) is 2. The topological polar surface area (TPSA) is 29.1 Å². The summed E-state index contributed by atoms with van der Waals surface area (Å²) in [6.07, 6.45) is 5.73. The maximum atomic E-state index is 12.1. The van der Waals surface area contributed by atoms with Crippen LogP contribution in [0, 0.1) is 5.92 Å². The van der Waals surface area contributed by atoms with Crippen LogP contribution in [-0.4, -0.2) is 17.9 Å². The molecule has 0 unspecified atom stereocenters. The number of fused-ring (bicyclic) bond motifs is 2. The monoisotopic (exact) mass is 229 g/mol. The Labute approximate surface area is 102 Å². The van der Waals surface area contributed by atoms with Gasteiger partial charge in [0.1, 0.15) is 0 Å². The lowest BCUT2D eigenvalue weighted by Gasteiger charge is -2.28. The summed E-state index contributed by atoms with van der Waals surface area (Å²) >= 11 is 0. The highest BCUT2D eigenvalue weighted by molar-refractivity contribution is 5.96. The van der Waals surface area contributed by atoms with Crippen LogP contribution < -0.4 is 5.32 Å². The molecule has 1 aromatic carbocycles. The van der Waals surface area contributed by atoms with E-state index in [1.807, 2.05) is 30.3 Å². The van der Waals surface area contributed by atoms with Crippen molar-refractivity contribution in [3.63, 3.8) is 0 Å². The van der Waals surface area contributed by atoms with E-state index in [2.05, 4.69) is 5.32 Å². The predicted octanol–water partition coefficient (Wildman–Crippen LogP) is 2.79. The smallest absolute Gasteiger partial charge is 0.163 e. The van der Waals surface area contributed by atoms with Crippen LogP contribution in [0.25, 0.3) is 0 Å². The van der Waals surface area contributed by atoms with E-state index < -0.39 is 0 Å². The fraction of sp³-hybridized carbons (Fsp3) is 0.533. The van der Waals surface area contributed by atoms with Gasteiger partial charge in [-0.05, 0) is 31.6 Å². The molecular weight excluding hydrogens is 210 g/mol. The number of piperidine rings is 1.